The molecule has 0 amide bonds. The Morgan fingerprint density at radius 2 is 1.93 bits per heavy atom. The minimum atomic E-state index is -0.737. The number of carbonyl (C=O) groups is 1. The summed E-state index contributed by atoms with van der Waals surface area (Å²) < 4.78 is 16.7. The SMILES string of the molecule is CCc1cc(-c2noc(-c3cc(C)nc(N(CC)CC)c3)n2)cc(C)c1OCC(O)CN1CCCC1C(=O)OC. The molecular formula is C30H41N5O5. The lowest BCUT2D eigenvalue weighted by molar-refractivity contribution is -0.146. The smallest absolute Gasteiger partial charge is 0.323 e. The third kappa shape index (κ3) is 6.62. The molecule has 1 saturated heterocycles. The number of carbonyl (C=O) groups excluding carboxylic acids is 1. The highest BCUT2D eigenvalue weighted by Gasteiger charge is 2.32. The highest BCUT2D eigenvalue weighted by atomic mass is 16.5. The number of hydrogen-bond acceptors (Lipinski definition) is 10. The van der Waals surface area contributed by atoms with Crippen LogP contribution in [-0.4, -0.2) is 83.1 Å². The van der Waals surface area contributed by atoms with Crippen LogP contribution in [0.4, 0.5) is 5.82 Å². The van der Waals surface area contributed by atoms with E-state index in [0.717, 1.165) is 78.4 Å². The second kappa shape index (κ2) is 13.2. The second-order valence-corrected chi connectivity index (χ2v) is 10.2. The number of β-amino-alcohol motifs (C(OH)–C–C–N with tert-alkyl or cyclic N) is 1. The third-order valence-electron chi connectivity index (χ3n) is 7.39. The van der Waals surface area contributed by atoms with Gasteiger partial charge in [0.05, 0.1) is 7.11 Å². The first-order chi connectivity index (χ1) is 19.3. The molecule has 40 heavy (non-hydrogen) atoms. The van der Waals surface area contributed by atoms with Crippen molar-refractivity contribution in [3.8, 4) is 28.6 Å². The average Bonchev–Trinajstić information content (AvgIpc) is 3.62. The Labute approximate surface area is 236 Å². The van der Waals surface area contributed by atoms with E-state index in [4.69, 9.17) is 19.0 Å². The van der Waals surface area contributed by atoms with Crippen LogP contribution in [0.25, 0.3) is 22.8 Å². The van der Waals surface area contributed by atoms with Gasteiger partial charge < -0.3 is 24.0 Å². The quantitative estimate of drug-likeness (QED) is 0.329. The van der Waals surface area contributed by atoms with Gasteiger partial charge in [-0.3, -0.25) is 9.69 Å². The van der Waals surface area contributed by atoms with Crippen LogP contribution in [-0.2, 0) is 16.0 Å². The zero-order valence-electron chi connectivity index (χ0n) is 24.4. The second-order valence-electron chi connectivity index (χ2n) is 10.2. The lowest BCUT2D eigenvalue weighted by atomic mass is 10.0. The van der Waals surface area contributed by atoms with Gasteiger partial charge in [-0.15, -0.1) is 0 Å². The van der Waals surface area contributed by atoms with Crippen molar-refractivity contribution in [1.82, 2.24) is 20.0 Å². The molecule has 0 radical (unpaired) electrons. The zero-order valence-corrected chi connectivity index (χ0v) is 24.4. The van der Waals surface area contributed by atoms with E-state index in [9.17, 15) is 9.90 Å². The number of likely N-dealkylation sites (tertiary alicyclic amines) is 1. The topological polar surface area (TPSA) is 114 Å². The molecule has 0 spiro atoms. The first-order valence-electron chi connectivity index (χ1n) is 14.1. The molecule has 0 saturated carbocycles. The van der Waals surface area contributed by atoms with Crippen LogP contribution in [0, 0.1) is 13.8 Å². The standard InChI is InChI=1S/C30H41N5O5/c1-7-21-15-22(28-32-29(40-33-28)23-14-20(5)31-26(16-23)34(8-2)9-3)13-19(4)27(21)39-18-24(36)17-35-12-10-11-25(35)30(37)38-6/h13-16,24-25,36H,7-12,17-18H2,1-6H3. The number of aryl methyl sites for hydroxylation is 3. The molecule has 3 aromatic rings. The monoisotopic (exact) mass is 551 g/mol. The highest BCUT2D eigenvalue weighted by Crippen LogP contribution is 2.32. The van der Waals surface area contributed by atoms with Gasteiger partial charge in [0.25, 0.3) is 5.89 Å². The van der Waals surface area contributed by atoms with Gasteiger partial charge in [0.2, 0.25) is 5.82 Å². The number of methoxy groups -OCH3 is 1. The molecule has 10 heteroatoms. The summed E-state index contributed by atoms with van der Waals surface area (Å²) >= 11 is 0. The molecule has 1 N–H and O–H groups in total. The van der Waals surface area contributed by atoms with E-state index in [-0.39, 0.29) is 18.6 Å². The van der Waals surface area contributed by atoms with Crippen molar-refractivity contribution in [3.05, 3.63) is 41.1 Å². The summed E-state index contributed by atoms with van der Waals surface area (Å²) in [6.07, 6.45) is 1.65. The Morgan fingerprint density at radius 1 is 1.15 bits per heavy atom. The number of pyridine rings is 1. The van der Waals surface area contributed by atoms with E-state index in [2.05, 4.69) is 35.8 Å². The zero-order chi connectivity index (χ0) is 28.8. The van der Waals surface area contributed by atoms with Gasteiger partial charge >= 0.3 is 5.97 Å². The van der Waals surface area contributed by atoms with Crippen LogP contribution in [0.3, 0.4) is 0 Å². The normalized spacial score (nSPS) is 16.2. The molecule has 1 aromatic carbocycles. The van der Waals surface area contributed by atoms with Gasteiger partial charge in [0.15, 0.2) is 0 Å². The van der Waals surface area contributed by atoms with Crippen molar-refractivity contribution >= 4 is 11.8 Å². The fraction of sp³-hybridized carbons (Fsp3) is 0.533. The summed E-state index contributed by atoms with van der Waals surface area (Å²) in [7, 11) is 1.40. The molecule has 216 valence electrons. The van der Waals surface area contributed by atoms with Crippen LogP contribution in [0.2, 0.25) is 0 Å². The van der Waals surface area contributed by atoms with Crippen molar-refractivity contribution < 1.29 is 23.9 Å². The van der Waals surface area contributed by atoms with Crippen molar-refractivity contribution in [2.75, 3.05) is 44.8 Å². The maximum absolute atomic E-state index is 12.0. The molecule has 4 rings (SSSR count). The summed E-state index contributed by atoms with van der Waals surface area (Å²) in [4.78, 5) is 25.6. The van der Waals surface area contributed by atoms with Crippen molar-refractivity contribution in [1.29, 1.82) is 0 Å². The largest absolute Gasteiger partial charge is 0.490 e. The molecule has 2 atom stereocenters. The lowest BCUT2D eigenvalue weighted by Gasteiger charge is -2.25. The number of benzene rings is 1. The number of aromatic nitrogens is 3. The summed E-state index contributed by atoms with van der Waals surface area (Å²) in [6, 6.07) is 7.62. The summed E-state index contributed by atoms with van der Waals surface area (Å²) in [5.41, 5.74) is 4.47. The van der Waals surface area contributed by atoms with Gasteiger partial charge in [0, 0.05) is 36.5 Å². The van der Waals surface area contributed by atoms with Crippen LogP contribution in [0.15, 0.2) is 28.8 Å². The van der Waals surface area contributed by atoms with E-state index in [1.165, 1.54) is 7.11 Å². The Kier molecular flexibility index (Phi) is 9.76. The summed E-state index contributed by atoms with van der Waals surface area (Å²) in [5.74, 6) is 2.33. The van der Waals surface area contributed by atoms with E-state index in [1.807, 2.05) is 43.0 Å². The first kappa shape index (κ1) is 29.5. The number of nitrogens with zero attached hydrogens (tertiary/aromatic N) is 5. The van der Waals surface area contributed by atoms with Gasteiger partial charge in [-0.25, -0.2) is 4.98 Å². The van der Waals surface area contributed by atoms with Gasteiger partial charge in [0.1, 0.15) is 30.3 Å². The number of anilines is 1. The van der Waals surface area contributed by atoms with Crippen molar-refractivity contribution in [3.63, 3.8) is 0 Å². The van der Waals surface area contributed by atoms with Gasteiger partial charge in [-0.2, -0.15) is 4.98 Å². The number of rotatable bonds is 12. The predicted octanol–water partition coefficient (Wildman–Crippen LogP) is 4.20. The lowest BCUT2D eigenvalue weighted by Crippen LogP contribution is -2.42. The molecular weight excluding hydrogens is 510 g/mol. The van der Waals surface area contributed by atoms with E-state index in [1.54, 1.807) is 0 Å². The number of ether oxygens (including phenoxy) is 2. The molecule has 2 unspecified atom stereocenters. The van der Waals surface area contributed by atoms with Crippen LogP contribution in [0.5, 0.6) is 5.75 Å². The predicted molar refractivity (Wildman–Crippen MR) is 153 cm³/mol. The molecule has 1 fully saturated rings. The number of hydrogen-bond donors (Lipinski definition) is 1. The van der Waals surface area contributed by atoms with Crippen molar-refractivity contribution in [2.45, 2.75) is 66.0 Å². The average molecular weight is 552 g/mol. The molecule has 0 aliphatic carbocycles. The maximum atomic E-state index is 12.0. The van der Waals surface area contributed by atoms with Crippen LogP contribution in [0.1, 0.15) is 50.4 Å². The fourth-order valence-electron chi connectivity index (χ4n) is 5.34. The van der Waals surface area contributed by atoms with Crippen molar-refractivity contribution in [2.24, 2.45) is 0 Å². The minimum Gasteiger partial charge on any atom is -0.490 e. The molecule has 3 heterocycles. The molecule has 2 aromatic heterocycles. The molecule has 1 aliphatic heterocycles. The Hall–Kier alpha value is -3.50. The summed E-state index contributed by atoms with van der Waals surface area (Å²) in [5, 5.41) is 15.0. The van der Waals surface area contributed by atoms with Crippen LogP contribution >= 0.6 is 0 Å². The van der Waals surface area contributed by atoms with E-state index < -0.39 is 6.10 Å². The fourth-order valence-corrected chi connectivity index (χ4v) is 5.34. The molecule has 1 aliphatic rings. The number of aliphatic hydroxyl groups excluding tert-OH is 1. The number of esters is 1. The maximum Gasteiger partial charge on any atom is 0.323 e. The third-order valence-corrected chi connectivity index (χ3v) is 7.39. The Balaban J connectivity index is 1.49. The Bertz CT molecular complexity index is 1310. The van der Waals surface area contributed by atoms with Gasteiger partial charge in [-0.1, -0.05) is 12.1 Å². The summed E-state index contributed by atoms with van der Waals surface area (Å²) in [6.45, 7) is 13.2. The van der Waals surface area contributed by atoms with E-state index in [0.29, 0.717) is 18.3 Å². The highest BCUT2D eigenvalue weighted by molar-refractivity contribution is 5.76. The van der Waals surface area contributed by atoms with Crippen LogP contribution < -0.4 is 9.64 Å². The minimum absolute atomic E-state index is 0.125. The van der Waals surface area contributed by atoms with Gasteiger partial charge in [-0.05, 0) is 88.9 Å². The molecule has 10 nitrogen and oxygen atoms in total. The molecule has 0 bridgehead atoms. The van der Waals surface area contributed by atoms with E-state index >= 15 is 0 Å². The number of aliphatic hydroxyl groups is 1. The Morgan fingerprint density at radius 3 is 2.62 bits per heavy atom. The first-order valence-corrected chi connectivity index (χ1v) is 14.1.